The summed E-state index contributed by atoms with van der Waals surface area (Å²) < 4.78 is 0. The van der Waals surface area contributed by atoms with E-state index in [1.165, 1.54) is 83.4 Å². The van der Waals surface area contributed by atoms with E-state index >= 15 is 0 Å². The lowest BCUT2D eigenvalue weighted by molar-refractivity contribution is 0.0206. The molecule has 3 aliphatic rings. The van der Waals surface area contributed by atoms with Crippen molar-refractivity contribution in [3.8, 4) is 0 Å². The van der Waals surface area contributed by atoms with Crippen LogP contribution in [-0.2, 0) is 6.54 Å². The Morgan fingerprint density at radius 3 is 2.12 bits per heavy atom. The third-order valence-corrected chi connectivity index (χ3v) is 7.21. The summed E-state index contributed by atoms with van der Waals surface area (Å²) >= 11 is 0. The highest BCUT2D eigenvalue weighted by molar-refractivity contribution is 5.14. The van der Waals surface area contributed by atoms with Gasteiger partial charge in [0, 0.05) is 44.8 Å². The Kier molecular flexibility index (Phi) is 6.29. The molecule has 0 amide bonds. The van der Waals surface area contributed by atoms with E-state index in [1.54, 1.807) is 0 Å². The molecule has 1 saturated carbocycles. The molecule has 1 aromatic carbocycles. The summed E-state index contributed by atoms with van der Waals surface area (Å²) in [6, 6.07) is 12.7. The van der Waals surface area contributed by atoms with Crippen LogP contribution in [0.3, 0.4) is 0 Å². The Labute approximate surface area is 160 Å². The summed E-state index contributed by atoms with van der Waals surface area (Å²) in [5.41, 5.74) is 1.46. The van der Waals surface area contributed by atoms with Gasteiger partial charge in [-0.15, -0.1) is 0 Å². The third-order valence-electron chi connectivity index (χ3n) is 7.21. The highest BCUT2D eigenvalue weighted by Gasteiger charge is 2.32. The van der Waals surface area contributed by atoms with Crippen molar-refractivity contribution in [2.24, 2.45) is 5.92 Å². The van der Waals surface area contributed by atoms with Crippen LogP contribution in [0.4, 0.5) is 0 Å². The van der Waals surface area contributed by atoms with Gasteiger partial charge in [0.1, 0.15) is 0 Å². The van der Waals surface area contributed by atoms with Crippen molar-refractivity contribution in [1.29, 1.82) is 0 Å². The highest BCUT2D eigenvalue weighted by Crippen LogP contribution is 2.29. The number of piperidine rings is 1. The lowest BCUT2D eigenvalue weighted by Gasteiger charge is -2.46. The van der Waals surface area contributed by atoms with Crippen LogP contribution in [0.2, 0.25) is 0 Å². The normalized spacial score (nSPS) is 30.5. The molecule has 3 heteroatoms. The van der Waals surface area contributed by atoms with Crippen molar-refractivity contribution in [3.63, 3.8) is 0 Å². The standard InChI is InChI=1S/C23H37N3/c1-20-7-5-6-10-23(20)26-17-15-25(16-18-26)22-11-13-24(14-12-22)19-21-8-3-2-4-9-21/h2-4,8-9,20,22-23H,5-7,10-19H2,1H3/t20-,23-/m1/s1. The number of nitrogens with zero attached hydrogens (tertiary/aromatic N) is 3. The SMILES string of the molecule is C[C@@H]1CCCC[C@H]1N1CCN(C2CCN(Cc3ccccc3)CC2)CC1. The Hall–Kier alpha value is -0.900. The molecule has 2 saturated heterocycles. The molecule has 4 rings (SSSR count). The minimum Gasteiger partial charge on any atom is -0.299 e. The van der Waals surface area contributed by atoms with E-state index in [1.807, 2.05) is 0 Å². The zero-order chi connectivity index (χ0) is 17.8. The zero-order valence-corrected chi connectivity index (χ0v) is 16.7. The van der Waals surface area contributed by atoms with Crippen LogP contribution in [0, 0.1) is 5.92 Å². The maximum Gasteiger partial charge on any atom is 0.0233 e. The first-order valence-electron chi connectivity index (χ1n) is 11.0. The Morgan fingerprint density at radius 1 is 0.769 bits per heavy atom. The van der Waals surface area contributed by atoms with Gasteiger partial charge in [-0.25, -0.2) is 0 Å². The van der Waals surface area contributed by atoms with Crippen LogP contribution >= 0.6 is 0 Å². The Balaban J connectivity index is 1.21. The molecule has 0 bridgehead atoms. The fourth-order valence-electron chi connectivity index (χ4n) is 5.56. The van der Waals surface area contributed by atoms with Crippen molar-refractivity contribution in [1.82, 2.24) is 14.7 Å². The lowest BCUT2D eigenvalue weighted by Crippen LogP contribution is -2.56. The van der Waals surface area contributed by atoms with E-state index in [0.29, 0.717) is 0 Å². The van der Waals surface area contributed by atoms with Crippen LogP contribution in [0.25, 0.3) is 0 Å². The van der Waals surface area contributed by atoms with E-state index < -0.39 is 0 Å². The van der Waals surface area contributed by atoms with Crippen molar-refractivity contribution in [2.45, 2.75) is 64.1 Å². The molecule has 2 atom stereocenters. The van der Waals surface area contributed by atoms with E-state index in [-0.39, 0.29) is 0 Å². The molecule has 2 aliphatic heterocycles. The second-order valence-electron chi connectivity index (χ2n) is 8.89. The lowest BCUT2D eigenvalue weighted by atomic mass is 9.84. The number of likely N-dealkylation sites (tertiary alicyclic amines) is 1. The maximum absolute atomic E-state index is 2.82. The number of benzene rings is 1. The van der Waals surface area contributed by atoms with Gasteiger partial charge in [-0.1, -0.05) is 50.1 Å². The van der Waals surface area contributed by atoms with Crippen LogP contribution in [0.5, 0.6) is 0 Å². The number of piperazine rings is 1. The van der Waals surface area contributed by atoms with E-state index in [0.717, 1.165) is 24.5 Å². The molecule has 0 N–H and O–H groups in total. The molecule has 3 fully saturated rings. The predicted octanol–water partition coefficient (Wildman–Crippen LogP) is 3.85. The molecule has 1 aromatic rings. The van der Waals surface area contributed by atoms with E-state index in [9.17, 15) is 0 Å². The van der Waals surface area contributed by atoms with Gasteiger partial charge in [-0.05, 0) is 50.3 Å². The molecule has 0 radical (unpaired) electrons. The molecular weight excluding hydrogens is 318 g/mol. The monoisotopic (exact) mass is 355 g/mol. The van der Waals surface area contributed by atoms with E-state index in [4.69, 9.17) is 0 Å². The smallest absolute Gasteiger partial charge is 0.0233 e. The first-order valence-corrected chi connectivity index (χ1v) is 11.0. The average molecular weight is 356 g/mol. The van der Waals surface area contributed by atoms with E-state index in [2.05, 4.69) is 52.0 Å². The third kappa shape index (κ3) is 4.49. The van der Waals surface area contributed by atoms with Crippen molar-refractivity contribution >= 4 is 0 Å². The minimum atomic E-state index is 0.827. The molecule has 1 aliphatic carbocycles. The molecule has 3 nitrogen and oxygen atoms in total. The highest BCUT2D eigenvalue weighted by atomic mass is 15.3. The number of rotatable bonds is 4. The first-order chi connectivity index (χ1) is 12.8. The van der Waals surface area contributed by atoms with Crippen LogP contribution in [0.1, 0.15) is 51.0 Å². The maximum atomic E-state index is 2.82. The van der Waals surface area contributed by atoms with Gasteiger partial charge >= 0.3 is 0 Å². The fourth-order valence-corrected chi connectivity index (χ4v) is 5.56. The molecule has 0 spiro atoms. The topological polar surface area (TPSA) is 9.72 Å². The van der Waals surface area contributed by atoms with Gasteiger partial charge in [0.2, 0.25) is 0 Å². The molecule has 144 valence electrons. The molecule has 0 aromatic heterocycles. The largest absolute Gasteiger partial charge is 0.299 e. The molecule has 0 unspecified atom stereocenters. The van der Waals surface area contributed by atoms with Gasteiger partial charge in [0.25, 0.3) is 0 Å². The summed E-state index contributed by atoms with van der Waals surface area (Å²) in [6.07, 6.45) is 8.51. The summed E-state index contributed by atoms with van der Waals surface area (Å²) in [7, 11) is 0. The summed E-state index contributed by atoms with van der Waals surface area (Å²) in [5.74, 6) is 0.913. The van der Waals surface area contributed by atoms with Gasteiger partial charge in [-0.2, -0.15) is 0 Å². The van der Waals surface area contributed by atoms with Gasteiger partial charge < -0.3 is 0 Å². The minimum absolute atomic E-state index is 0.827. The zero-order valence-electron chi connectivity index (χ0n) is 16.7. The fraction of sp³-hybridized carbons (Fsp3) is 0.739. The number of hydrogen-bond donors (Lipinski definition) is 0. The predicted molar refractivity (Wildman–Crippen MR) is 109 cm³/mol. The van der Waals surface area contributed by atoms with Gasteiger partial charge in [0.05, 0.1) is 0 Å². The second-order valence-corrected chi connectivity index (χ2v) is 8.89. The molecular formula is C23H37N3. The molecule has 26 heavy (non-hydrogen) atoms. The Bertz CT molecular complexity index is 530. The quantitative estimate of drug-likeness (QED) is 0.812. The molecule has 2 heterocycles. The summed E-state index contributed by atoms with van der Waals surface area (Å²) in [5, 5.41) is 0. The summed E-state index contributed by atoms with van der Waals surface area (Å²) in [4.78, 5) is 8.28. The van der Waals surface area contributed by atoms with Crippen molar-refractivity contribution < 1.29 is 0 Å². The van der Waals surface area contributed by atoms with Gasteiger partial charge in [-0.3, -0.25) is 14.7 Å². The number of hydrogen-bond acceptors (Lipinski definition) is 3. The van der Waals surface area contributed by atoms with Crippen molar-refractivity contribution in [2.75, 3.05) is 39.3 Å². The first kappa shape index (κ1) is 18.5. The summed E-state index contributed by atoms with van der Waals surface area (Å²) in [6.45, 7) is 11.3. The van der Waals surface area contributed by atoms with Gasteiger partial charge in [0.15, 0.2) is 0 Å². The van der Waals surface area contributed by atoms with Crippen LogP contribution in [0.15, 0.2) is 30.3 Å². The van der Waals surface area contributed by atoms with Crippen LogP contribution < -0.4 is 0 Å². The average Bonchev–Trinajstić information content (AvgIpc) is 2.70. The Morgan fingerprint density at radius 2 is 1.42 bits per heavy atom. The van der Waals surface area contributed by atoms with Crippen LogP contribution in [-0.4, -0.2) is 66.1 Å². The second kappa shape index (κ2) is 8.86. The van der Waals surface area contributed by atoms with Crippen molar-refractivity contribution in [3.05, 3.63) is 35.9 Å².